The molecule has 0 fully saturated rings. The van der Waals surface area contributed by atoms with E-state index in [4.69, 9.17) is 4.74 Å². The largest absolute Gasteiger partial charge is 0.486 e. The number of pyridine rings is 1. The fourth-order valence-corrected chi connectivity index (χ4v) is 4.24. The molecule has 2 amide bonds. The normalized spacial score (nSPS) is 14.4. The molecule has 3 heterocycles. The van der Waals surface area contributed by atoms with Crippen LogP contribution in [0.2, 0.25) is 0 Å². The van der Waals surface area contributed by atoms with Gasteiger partial charge in [-0.05, 0) is 43.3 Å². The molecule has 1 atom stereocenters. The van der Waals surface area contributed by atoms with Crippen LogP contribution in [0.5, 0.6) is 5.75 Å². The number of carbonyl (C=O) groups excluding carboxylic acids is 1. The molecule has 190 valence electrons. The summed E-state index contributed by atoms with van der Waals surface area (Å²) in [7, 11) is 0. The molecular weight excluding hydrogens is 478 g/mol. The van der Waals surface area contributed by atoms with Crippen molar-refractivity contribution >= 4 is 22.9 Å². The molecule has 5 rings (SSSR count). The van der Waals surface area contributed by atoms with E-state index >= 15 is 0 Å². The second-order valence-electron chi connectivity index (χ2n) is 8.81. The molecule has 38 heavy (non-hydrogen) atoms. The van der Waals surface area contributed by atoms with Crippen molar-refractivity contribution in [2.75, 3.05) is 17.2 Å². The first kappa shape index (κ1) is 24.6. The Hall–Kier alpha value is -5.10. The molecule has 0 bridgehead atoms. The van der Waals surface area contributed by atoms with Crippen molar-refractivity contribution in [1.29, 1.82) is 5.26 Å². The number of ether oxygens (including phenoxy) is 1. The SMILES string of the molecule is Cc1c(NC(=O)NCCc2ccccn2)cn2ncc(C#N)c(NC3=CCC(Oc4ccccc4)C=C3)c12. The fourth-order valence-electron chi connectivity index (χ4n) is 4.24. The number of nitrogens with zero attached hydrogens (tertiary/aromatic N) is 4. The highest BCUT2D eigenvalue weighted by atomic mass is 16.5. The van der Waals surface area contributed by atoms with Gasteiger partial charge in [-0.15, -0.1) is 0 Å². The van der Waals surface area contributed by atoms with Crippen LogP contribution in [0.4, 0.5) is 16.2 Å². The zero-order valence-electron chi connectivity index (χ0n) is 20.9. The Morgan fingerprint density at radius 3 is 2.79 bits per heavy atom. The third kappa shape index (κ3) is 5.65. The van der Waals surface area contributed by atoms with Gasteiger partial charge >= 0.3 is 6.03 Å². The minimum Gasteiger partial charge on any atom is -0.486 e. The first-order valence-electron chi connectivity index (χ1n) is 12.3. The third-order valence-electron chi connectivity index (χ3n) is 6.18. The van der Waals surface area contributed by atoms with Crippen LogP contribution in [0.15, 0.2) is 91.0 Å². The molecule has 1 aliphatic rings. The molecule has 3 aromatic heterocycles. The number of hydrogen-bond donors (Lipinski definition) is 3. The summed E-state index contributed by atoms with van der Waals surface area (Å²) in [6.45, 7) is 2.34. The second kappa shape index (κ2) is 11.3. The Kier molecular flexibility index (Phi) is 7.32. The zero-order valence-corrected chi connectivity index (χ0v) is 20.9. The van der Waals surface area contributed by atoms with Gasteiger partial charge in [0.2, 0.25) is 0 Å². The van der Waals surface area contributed by atoms with Crippen LogP contribution < -0.4 is 20.7 Å². The Balaban J connectivity index is 1.28. The number of carbonyl (C=O) groups is 1. The molecule has 9 nitrogen and oxygen atoms in total. The van der Waals surface area contributed by atoms with Gasteiger partial charge in [0, 0.05) is 42.5 Å². The Morgan fingerprint density at radius 1 is 1.21 bits per heavy atom. The van der Waals surface area contributed by atoms with Gasteiger partial charge < -0.3 is 20.7 Å². The smallest absolute Gasteiger partial charge is 0.319 e. The lowest BCUT2D eigenvalue weighted by molar-refractivity contribution is 0.251. The summed E-state index contributed by atoms with van der Waals surface area (Å²) < 4.78 is 7.67. The summed E-state index contributed by atoms with van der Waals surface area (Å²) >= 11 is 0. The Morgan fingerprint density at radius 2 is 2.05 bits per heavy atom. The number of aromatic nitrogens is 3. The number of urea groups is 1. The van der Waals surface area contributed by atoms with Gasteiger partial charge in [0.05, 0.1) is 34.8 Å². The summed E-state index contributed by atoms with van der Waals surface area (Å²) in [5, 5.41) is 23.3. The molecule has 0 radical (unpaired) electrons. The van der Waals surface area contributed by atoms with E-state index in [-0.39, 0.29) is 12.1 Å². The Bertz CT molecular complexity index is 1540. The van der Waals surface area contributed by atoms with Gasteiger partial charge in [0.15, 0.2) is 0 Å². The minimum absolute atomic E-state index is 0.0714. The first-order valence-corrected chi connectivity index (χ1v) is 12.3. The molecular formula is C29H27N7O2. The predicted octanol–water partition coefficient (Wildman–Crippen LogP) is 4.98. The zero-order chi connectivity index (χ0) is 26.3. The van der Waals surface area contributed by atoms with E-state index in [0.29, 0.717) is 41.8 Å². The summed E-state index contributed by atoms with van der Waals surface area (Å²) in [5.74, 6) is 0.819. The van der Waals surface area contributed by atoms with E-state index in [1.54, 1.807) is 16.9 Å². The average molecular weight is 506 g/mol. The minimum atomic E-state index is -0.322. The third-order valence-corrected chi connectivity index (χ3v) is 6.18. The molecule has 1 unspecified atom stereocenters. The predicted molar refractivity (Wildman–Crippen MR) is 146 cm³/mol. The molecule has 0 aliphatic heterocycles. The van der Waals surface area contributed by atoms with E-state index in [0.717, 1.165) is 22.7 Å². The number of amides is 2. The number of allylic oxidation sites excluding steroid dienone is 1. The fraction of sp³-hybridized carbons (Fsp3) is 0.172. The topological polar surface area (TPSA) is 116 Å². The van der Waals surface area contributed by atoms with Crippen LogP contribution in [0.25, 0.3) is 5.52 Å². The van der Waals surface area contributed by atoms with Gasteiger partial charge in [0.1, 0.15) is 17.9 Å². The van der Waals surface area contributed by atoms with Crippen molar-refractivity contribution in [3.63, 3.8) is 0 Å². The molecule has 0 saturated heterocycles. The monoisotopic (exact) mass is 505 g/mol. The molecule has 1 aromatic carbocycles. The number of nitrogens with one attached hydrogen (secondary N) is 3. The van der Waals surface area contributed by atoms with E-state index in [9.17, 15) is 10.1 Å². The van der Waals surface area contributed by atoms with Crippen molar-refractivity contribution in [3.05, 3.63) is 108 Å². The number of hydrogen-bond acceptors (Lipinski definition) is 6. The van der Waals surface area contributed by atoms with E-state index in [1.807, 2.05) is 73.7 Å². The molecule has 3 N–H and O–H groups in total. The summed E-state index contributed by atoms with van der Waals surface area (Å²) in [4.78, 5) is 16.8. The average Bonchev–Trinajstić information content (AvgIpc) is 3.26. The number of anilines is 2. The van der Waals surface area contributed by atoms with Crippen LogP contribution in [-0.2, 0) is 6.42 Å². The number of benzene rings is 1. The lowest BCUT2D eigenvalue weighted by Crippen LogP contribution is -2.30. The highest BCUT2D eigenvalue weighted by Gasteiger charge is 2.18. The maximum atomic E-state index is 12.5. The highest BCUT2D eigenvalue weighted by molar-refractivity contribution is 5.94. The number of nitriles is 1. The first-order chi connectivity index (χ1) is 18.6. The number of para-hydroxylation sites is 1. The number of rotatable bonds is 8. The van der Waals surface area contributed by atoms with Crippen LogP contribution in [0.3, 0.4) is 0 Å². The number of fused-ring (bicyclic) bond motifs is 1. The molecule has 0 saturated carbocycles. The van der Waals surface area contributed by atoms with Crippen molar-refractivity contribution < 1.29 is 9.53 Å². The van der Waals surface area contributed by atoms with Gasteiger partial charge in [-0.3, -0.25) is 4.98 Å². The molecule has 4 aromatic rings. The quantitative estimate of drug-likeness (QED) is 0.311. The van der Waals surface area contributed by atoms with Crippen molar-refractivity contribution in [2.45, 2.75) is 25.9 Å². The standard InChI is InChI=1S/C29H27N7O2/c1-20-26(35-29(37)32-16-14-22-7-5-6-15-31-22)19-36-28(20)27(21(17-30)18-33-36)34-23-10-12-25(13-11-23)38-24-8-3-2-4-9-24/h2-12,15,18-19,25,34H,13-14,16H2,1H3,(H2,32,35,37). The highest BCUT2D eigenvalue weighted by Crippen LogP contribution is 2.32. The van der Waals surface area contributed by atoms with Gasteiger partial charge in [-0.1, -0.05) is 30.3 Å². The van der Waals surface area contributed by atoms with Crippen molar-refractivity contribution in [2.24, 2.45) is 0 Å². The van der Waals surface area contributed by atoms with Gasteiger partial charge in [-0.25, -0.2) is 9.31 Å². The summed E-state index contributed by atoms with van der Waals surface area (Å²) in [5.41, 5.74) is 4.91. The lowest BCUT2D eigenvalue weighted by atomic mass is 10.1. The van der Waals surface area contributed by atoms with Gasteiger partial charge in [-0.2, -0.15) is 10.4 Å². The molecule has 1 aliphatic carbocycles. The maximum Gasteiger partial charge on any atom is 0.319 e. The van der Waals surface area contributed by atoms with Crippen LogP contribution >= 0.6 is 0 Å². The molecule has 9 heteroatoms. The van der Waals surface area contributed by atoms with Gasteiger partial charge in [0.25, 0.3) is 0 Å². The second-order valence-corrected chi connectivity index (χ2v) is 8.81. The number of aryl methyl sites for hydroxylation is 1. The van der Waals surface area contributed by atoms with Crippen molar-refractivity contribution in [3.8, 4) is 11.8 Å². The Labute approximate surface area is 220 Å². The van der Waals surface area contributed by atoms with Crippen LogP contribution in [0, 0.1) is 18.3 Å². The van der Waals surface area contributed by atoms with Crippen molar-refractivity contribution in [1.82, 2.24) is 19.9 Å². The lowest BCUT2D eigenvalue weighted by Gasteiger charge is -2.19. The summed E-state index contributed by atoms with van der Waals surface area (Å²) in [6.07, 6.45) is 12.2. The maximum absolute atomic E-state index is 12.5. The van der Waals surface area contributed by atoms with Crippen LogP contribution in [-0.4, -0.2) is 33.3 Å². The van der Waals surface area contributed by atoms with Crippen LogP contribution in [0.1, 0.15) is 23.2 Å². The molecule has 0 spiro atoms. The van der Waals surface area contributed by atoms with E-state index in [2.05, 4.69) is 32.1 Å². The summed E-state index contributed by atoms with van der Waals surface area (Å²) in [6, 6.07) is 17.3. The van der Waals surface area contributed by atoms with E-state index < -0.39 is 0 Å². The van der Waals surface area contributed by atoms with E-state index in [1.165, 1.54) is 6.20 Å².